The van der Waals surface area contributed by atoms with E-state index < -0.39 is 5.41 Å². The molecule has 204 valence electrons. The Hall–Kier alpha value is -5.73. The van der Waals surface area contributed by atoms with Crippen molar-refractivity contribution in [1.82, 2.24) is 4.98 Å². The summed E-state index contributed by atoms with van der Waals surface area (Å²) in [6, 6.07) is 54.3. The number of furan rings is 1. The highest BCUT2D eigenvalue weighted by Gasteiger charge is 2.55. The Kier molecular flexibility index (Phi) is 4.68. The maximum absolute atomic E-state index is 6.91. The van der Waals surface area contributed by atoms with Gasteiger partial charge < -0.3 is 4.42 Å². The zero-order valence-electron chi connectivity index (χ0n) is 23.8. The van der Waals surface area contributed by atoms with Crippen molar-refractivity contribution in [3.8, 4) is 44.6 Å². The van der Waals surface area contributed by atoms with Crippen LogP contribution in [-0.2, 0) is 5.41 Å². The van der Waals surface area contributed by atoms with Gasteiger partial charge in [0, 0.05) is 21.9 Å². The molecular weight excluding hydrogens is 534 g/mol. The standard InChI is InChI=1S/C42H25NO/c1-2-13-26(14-3-1)32-25-37(43-36-23-10-6-15-27(32)36)30-19-12-22-35-39(30)28-16-4-8-20-33(28)42(35)34-21-9-5-17-29(34)40-31-18-7-11-24-38(31)44-41(40)42/h1-25H. The molecule has 2 aliphatic carbocycles. The topological polar surface area (TPSA) is 26.0 Å². The predicted octanol–water partition coefficient (Wildman–Crippen LogP) is 10.7. The molecule has 10 rings (SSSR count). The van der Waals surface area contributed by atoms with Gasteiger partial charge in [0.25, 0.3) is 0 Å². The van der Waals surface area contributed by atoms with Crippen molar-refractivity contribution >= 4 is 21.9 Å². The van der Waals surface area contributed by atoms with Crippen LogP contribution in [0.3, 0.4) is 0 Å². The first-order valence-corrected chi connectivity index (χ1v) is 15.1. The quantitative estimate of drug-likeness (QED) is 0.211. The second-order valence-electron chi connectivity index (χ2n) is 11.8. The number of pyridine rings is 1. The molecule has 0 aliphatic heterocycles. The van der Waals surface area contributed by atoms with Gasteiger partial charge in [-0.05, 0) is 62.7 Å². The van der Waals surface area contributed by atoms with E-state index in [0.29, 0.717) is 0 Å². The van der Waals surface area contributed by atoms with Gasteiger partial charge in [0.05, 0.1) is 11.2 Å². The number of benzene rings is 6. The predicted molar refractivity (Wildman–Crippen MR) is 179 cm³/mol. The smallest absolute Gasteiger partial charge is 0.135 e. The fourth-order valence-corrected chi connectivity index (χ4v) is 7.97. The van der Waals surface area contributed by atoms with E-state index in [2.05, 4.69) is 152 Å². The normalized spacial score (nSPS) is 15.8. The van der Waals surface area contributed by atoms with Crippen molar-refractivity contribution in [2.75, 3.05) is 0 Å². The Morgan fingerprint density at radius 1 is 0.455 bits per heavy atom. The first kappa shape index (κ1) is 23.8. The van der Waals surface area contributed by atoms with Crippen LogP contribution >= 0.6 is 0 Å². The molecule has 2 aromatic heterocycles. The number of nitrogens with zero attached hydrogens (tertiary/aromatic N) is 1. The van der Waals surface area contributed by atoms with Crippen LogP contribution in [0, 0.1) is 0 Å². The van der Waals surface area contributed by atoms with Crippen LogP contribution in [0.5, 0.6) is 0 Å². The monoisotopic (exact) mass is 559 g/mol. The summed E-state index contributed by atoms with van der Waals surface area (Å²) in [5.41, 5.74) is 14.6. The lowest BCUT2D eigenvalue weighted by Gasteiger charge is -2.28. The molecular formula is C42H25NO. The molecule has 0 radical (unpaired) electrons. The first-order chi connectivity index (χ1) is 21.8. The van der Waals surface area contributed by atoms with Gasteiger partial charge in [-0.15, -0.1) is 0 Å². The molecule has 0 bridgehead atoms. The summed E-state index contributed by atoms with van der Waals surface area (Å²) in [5.74, 6) is 1.01. The third-order valence-corrected chi connectivity index (χ3v) is 9.68. The highest BCUT2D eigenvalue weighted by atomic mass is 16.3. The molecule has 2 heteroatoms. The van der Waals surface area contributed by atoms with Gasteiger partial charge in [-0.2, -0.15) is 0 Å². The van der Waals surface area contributed by atoms with Crippen LogP contribution in [0.25, 0.3) is 66.5 Å². The molecule has 0 amide bonds. The summed E-state index contributed by atoms with van der Waals surface area (Å²) in [6.07, 6.45) is 0. The molecule has 2 heterocycles. The number of rotatable bonds is 2. The molecule has 0 saturated heterocycles. The summed E-state index contributed by atoms with van der Waals surface area (Å²) in [6.45, 7) is 0. The van der Waals surface area contributed by atoms with Gasteiger partial charge in [-0.25, -0.2) is 4.98 Å². The lowest BCUT2D eigenvalue weighted by atomic mass is 9.73. The van der Waals surface area contributed by atoms with E-state index in [1.54, 1.807) is 0 Å². The van der Waals surface area contributed by atoms with E-state index in [1.165, 1.54) is 50.1 Å². The minimum absolute atomic E-state index is 0.550. The van der Waals surface area contributed by atoms with Crippen molar-refractivity contribution in [2.45, 2.75) is 5.41 Å². The summed E-state index contributed by atoms with van der Waals surface area (Å²) < 4.78 is 6.91. The van der Waals surface area contributed by atoms with E-state index in [9.17, 15) is 0 Å². The van der Waals surface area contributed by atoms with Gasteiger partial charge in [0.1, 0.15) is 16.8 Å². The van der Waals surface area contributed by atoms with Gasteiger partial charge in [-0.1, -0.05) is 133 Å². The van der Waals surface area contributed by atoms with Crippen molar-refractivity contribution in [1.29, 1.82) is 0 Å². The Labute approximate surface area is 254 Å². The Balaban J connectivity index is 1.33. The molecule has 6 aromatic carbocycles. The molecule has 2 nitrogen and oxygen atoms in total. The zero-order chi connectivity index (χ0) is 28.8. The van der Waals surface area contributed by atoms with Gasteiger partial charge in [0.2, 0.25) is 0 Å². The lowest BCUT2D eigenvalue weighted by Crippen LogP contribution is -2.25. The molecule has 0 N–H and O–H groups in total. The van der Waals surface area contributed by atoms with Crippen molar-refractivity contribution in [2.24, 2.45) is 0 Å². The Morgan fingerprint density at radius 3 is 1.89 bits per heavy atom. The average Bonchev–Trinajstić information content (AvgIpc) is 3.72. The van der Waals surface area contributed by atoms with Crippen molar-refractivity contribution < 1.29 is 4.42 Å². The van der Waals surface area contributed by atoms with Gasteiger partial charge in [-0.3, -0.25) is 0 Å². The fourth-order valence-electron chi connectivity index (χ4n) is 7.97. The molecule has 0 fully saturated rings. The summed E-state index contributed by atoms with van der Waals surface area (Å²) in [4.78, 5) is 5.30. The van der Waals surface area contributed by atoms with Crippen LogP contribution in [0.15, 0.2) is 156 Å². The Bertz CT molecular complexity index is 2450. The van der Waals surface area contributed by atoms with E-state index in [-0.39, 0.29) is 0 Å². The molecule has 1 atom stereocenters. The second-order valence-corrected chi connectivity index (χ2v) is 11.8. The van der Waals surface area contributed by atoms with Crippen LogP contribution in [0.2, 0.25) is 0 Å². The van der Waals surface area contributed by atoms with E-state index >= 15 is 0 Å². The largest absolute Gasteiger partial charge is 0.459 e. The van der Waals surface area contributed by atoms with Gasteiger partial charge in [0.15, 0.2) is 0 Å². The summed E-state index contributed by atoms with van der Waals surface area (Å²) >= 11 is 0. The van der Waals surface area contributed by atoms with E-state index in [4.69, 9.17) is 9.40 Å². The number of para-hydroxylation sites is 2. The number of hydrogen-bond donors (Lipinski definition) is 0. The minimum Gasteiger partial charge on any atom is -0.459 e. The summed E-state index contributed by atoms with van der Waals surface area (Å²) in [5, 5.41) is 2.32. The van der Waals surface area contributed by atoms with Crippen molar-refractivity contribution in [3.05, 3.63) is 174 Å². The van der Waals surface area contributed by atoms with Crippen LogP contribution in [0.4, 0.5) is 0 Å². The summed E-state index contributed by atoms with van der Waals surface area (Å²) in [7, 11) is 0. The first-order valence-electron chi connectivity index (χ1n) is 15.1. The maximum atomic E-state index is 6.91. The van der Waals surface area contributed by atoms with Crippen LogP contribution < -0.4 is 0 Å². The molecule has 1 spiro atoms. The highest BCUT2D eigenvalue weighted by Crippen LogP contribution is 2.65. The number of hydrogen-bond acceptors (Lipinski definition) is 2. The third-order valence-electron chi connectivity index (χ3n) is 9.68. The third kappa shape index (κ3) is 2.92. The maximum Gasteiger partial charge on any atom is 0.135 e. The SMILES string of the molecule is c1ccc(-c2cc(-c3cccc4c3-c3ccccc3C43c4ccccc4-c4c3oc3ccccc43)nc3ccccc23)cc1. The second kappa shape index (κ2) is 8.65. The lowest BCUT2D eigenvalue weighted by molar-refractivity contribution is 0.507. The molecule has 44 heavy (non-hydrogen) atoms. The highest BCUT2D eigenvalue weighted by molar-refractivity contribution is 6.06. The van der Waals surface area contributed by atoms with E-state index in [0.717, 1.165) is 38.9 Å². The zero-order valence-corrected chi connectivity index (χ0v) is 23.8. The van der Waals surface area contributed by atoms with Crippen LogP contribution in [-0.4, -0.2) is 4.98 Å². The number of fused-ring (bicyclic) bond motifs is 13. The number of aromatic nitrogens is 1. The molecule has 2 aliphatic rings. The van der Waals surface area contributed by atoms with Gasteiger partial charge >= 0.3 is 0 Å². The average molecular weight is 560 g/mol. The molecule has 8 aromatic rings. The Morgan fingerprint density at radius 2 is 1.07 bits per heavy atom. The van der Waals surface area contributed by atoms with Crippen molar-refractivity contribution in [3.63, 3.8) is 0 Å². The van der Waals surface area contributed by atoms with E-state index in [1.807, 2.05) is 0 Å². The molecule has 1 unspecified atom stereocenters. The minimum atomic E-state index is -0.550. The fraction of sp³-hybridized carbons (Fsp3) is 0.0238. The molecule has 0 saturated carbocycles. The van der Waals surface area contributed by atoms with Crippen LogP contribution in [0.1, 0.15) is 22.5 Å².